The van der Waals surface area contributed by atoms with E-state index in [0.29, 0.717) is 11.6 Å². The number of aromatic nitrogens is 1. The summed E-state index contributed by atoms with van der Waals surface area (Å²) in [6, 6.07) is -0.111. The predicted molar refractivity (Wildman–Crippen MR) is 70.3 cm³/mol. The van der Waals surface area contributed by atoms with Crippen LogP contribution in [-0.4, -0.2) is 16.9 Å². The Morgan fingerprint density at radius 3 is 2.94 bits per heavy atom. The van der Waals surface area contributed by atoms with Gasteiger partial charge in [0.25, 0.3) is 0 Å². The second-order valence-corrected chi connectivity index (χ2v) is 4.73. The number of halogens is 1. The van der Waals surface area contributed by atoms with Gasteiger partial charge in [-0.25, -0.2) is 4.98 Å². The quantitative estimate of drug-likeness (QED) is 0.856. The SMILES string of the molecule is CCCc1cnc(NC(=O)CC(C)N)s1.Cl. The van der Waals surface area contributed by atoms with Crippen molar-refractivity contribution in [3.63, 3.8) is 0 Å². The Balaban J connectivity index is 0.00000225. The van der Waals surface area contributed by atoms with Gasteiger partial charge in [-0.05, 0) is 13.3 Å². The minimum atomic E-state index is -0.111. The van der Waals surface area contributed by atoms with Crippen molar-refractivity contribution >= 4 is 34.8 Å². The van der Waals surface area contributed by atoms with Crippen molar-refractivity contribution in [3.05, 3.63) is 11.1 Å². The first kappa shape index (κ1) is 15.3. The highest BCUT2D eigenvalue weighted by molar-refractivity contribution is 7.15. The van der Waals surface area contributed by atoms with Crippen LogP contribution in [0.4, 0.5) is 5.13 Å². The van der Waals surface area contributed by atoms with Gasteiger partial charge in [-0.15, -0.1) is 23.7 Å². The second kappa shape index (κ2) is 7.60. The Labute approximate surface area is 106 Å². The van der Waals surface area contributed by atoms with Crippen molar-refractivity contribution in [1.82, 2.24) is 4.98 Å². The third-order valence-electron chi connectivity index (χ3n) is 1.80. The molecule has 6 heteroatoms. The molecule has 0 bridgehead atoms. The Morgan fingerprint density at radius 2 is 2.38 bits per heavy atom. The average molecular weight is 264 g/mol. The Hall–Kier alpha value is -0.650. The van der Waals surface area contributed by atoms with Crippen molar-refractivity contribution in [2.45, 2.75) is 39.2 Å². The molecule has 3 N–H and O–H groups in total. The minimum Gasteiger partial charge on any atom is -0.327 e. The standard InChI is InChI=1S/C10H17N3OS.ClH/c1-3-4-8-6-12-10(15-8)13-9(14)5-7(2)11;/h6-7H,3-5,11H2,1-2H3,(H,12,13,14);1H. The molecule has 1 aromatic rings. The molecule has 0 spiro atoms. The minimum absolute atomic E-state index is 0. The maximum Gasteiger partial charge on any atom is 0.227 e. The maximum absolute atomic E-state index is 11.4. The van der Waals surface area contributed by atoms with Crippen LogP contribution in [-0.2, 0) is 11.2 Å². The number of anilines is 1. The van der Waals surface area contributed by atoms with Gasteiger partial charge in [-0.1, -0.05) is 13.3 Å². The van der Waals surface area contributed by atoms with Gasteiger partial charge in [0.05, 0.1) is 0 Å². The van der Waals surface area contributed by atoms with Gasteiger partial charge in [0.15, 0.2) is 5.13 Å². The van der Waals surface area contributed by atoms with Crippen LogP contribution in [0.5, 0.6) is 0 Å². The fraction of sp³-hybridized carbons (Fsp3) is 0.600. The summed E-state index contributed by atoms with van der Waals surface area (Å²) in [4.78, 5) is 16.7. The Kier molecular flexibility index (Phi) is 7.29. The summed E-state index contributed by atoms with van der Waals surface area (Å²) in [7, 11) is 0. The lowest BCUT2D eigenvalue weighted by Crippen LogP contribution is -2.23. The van der Waals surface area contributed by atoms with Crippen molar-refractivity contribution in [2.75, 3.05) is 5.32 Å². The first-order chi connectivity index (χ1) is 7.11. The van der Waals surface area contributed by atoms with E-state index >= 15 is 0 Å². The number of carbonyl (C=O) groups is 1. The number of aryl methyl sites for hydroxylation is 1. The van der Waals surface area contributed by atoms with E-state index < -0.39 is 0 Å². The van der Waals surface area contributed by atoms with Gasteiger partial charge in [-0.3, -0.25) is 4.79 Å². The smallest absolute Gasteiger partial charge is 0.227 e. The van der Waals surface area contributed by atoms with Crippen LogP contribution in [0.2, 0.25) is 0 Å². The van der Waals surface area contributed by atoms with Crippen molar-refractivity contribution in [3.8, 4) is 0 Å². The topological polar surface area (TPSA) is 68.0 Å². The molecule has 0 aliphatic rings. The number of thiazole rings is 1. The molecular weight excluding hydrogens is 246 g/mol. The summed E-state index contributed by atoms with van der Waals surface area (Å²) in [5.41, 5.74) is 5.52. The van der Waals surface area contributed by atoms with Gasteiger partial charge in [0.2, 0.25) is 5.91 Å². The average Bonchev–Trinajstić information content (AvgIpc) is 2.51. The van der Waals surface area contributed by atoms with Crippen LogP contribution in [0.25, 0.3) is 0 Å². The molecule has 1 rings (SSSR count). The van der Waals surface area contributed by atoms with E-state index in [4.69, 9.17) is 5.73 Å². The first-order valence-corrected chi connectivity index (χ1v) is 5.93. The molecule has 0 radical (unpaired) electrons. The monoisotopic (exact) mass is 263 g/mol. The van der Waals surface area contributed by atoms with E-state index in [2.05, 4.69) is 17.2 Å². The van der Waals surface area contributed by atoms with Gasteiger partial charge in [-0.2, -0.15) is 0 Å². The van der Waals surface area contributed by atoms with Crippen molar-refractivity contribution in [1.29, 1.82) is 0 Å². The van der Waals surface area contributed by atoms with Crippen LogP contribution < -0.4 is 11.1 Å². The number of nitrogens with one attached hydrogen (secondary N) is 1. The summed E-state index contributed by atoms with van der Waals surface area (Å²) >= 11 is 1.53. The summed E-state index contributed by atoms with van der Waals surface area (Å²) in [5.74, 6) is -0.0672. The molecule has 0 aliphatic heterocycles. The normalized spacial score (nSPS) is 11.7. The highest BCUT2D eigenvalue weighted by Crippen LogP contribution is 2.19. The molecule has 1 unspecified atom stereocenters. The van der Waals surface area contributed by atoms with E-state index in [-0.39, 0.29) is 24.4 Å². The molecule has 1 amide bonds. The van der Waals surface area contributed by atoms with E-state index in [1.807, 2.05) is 13.1 Å². The molecule has 16 heavy (non-hydrogen) atoms. The Bertz CT molecular complexity index is 328. The van der Waals surface area contributed by atoms with Crippen molar-refractivity contribution < 1.29 is 4.79 Å². The van der Waals surface area contributed by atoms with Crippen LogP contribution in [0.1, 0.15) is 31.6 Å². The lowest BCUT2D eigenvalue weighted by atomic mass is 10.2. The second-order valence-electron chi connectivity index (χ2n) is 3.61. The largest absolute Gasteiger partial charge is 0.327 e. The molecule has 0 aromatic carbocycles. The molecule has 0 saturated carbocycles. The van der Waals surface area contributed by atoms with E-state index in [1.165, 1.54) is 16.2 Å². The number of hydrogen-bond acceptors (Lipinski definition) is 4. The molecule has 4 nitrogen and oxygen atoms in total. The predicted octanol–water partition coefficient (Wildman–Crippen LogP) is 2.19. The fourth-order valence-electron chi connectivity index (χ4n) is 1.19. The van der Waals surface area contributed by atoms with E-state index in [0.717, 1.165) is 12.8 Å². The summed E-state index contributed by atoms with van der Waals surface area (Å²) in [6.07, 6.45) is 4.26. The van der Waals surface area contributed by atoms with Gasteiger partial charge < -0.3 is 11.1 Å². The van der Waals surface area contributed by atoms with Gasteiger partial charge in [0.1, 0.15) is 0 Å². The lowest BCUT2D eigenvalue weighted by Gasteiger charge is -2.03. The zero-order valence-electron chi connectivity index (χ0n) is 9.53. The Morgan fingerprint density at radius 1 is 1.69 bits per heavy atom. The number of rotatable bonds is 5. The number of hydrogen-bond donors (Lipinski definition) is 2. The zero-order chi connectivity index (χ0) is 11.3. The molecule has 1 aromatic heterocycles. The maximum atomic E-state index is 11.4. The van der Waals surface area contributed by atoms with Crippen LogP contribution >= 0.6 is 23.7 Å². The van der Waals surface area contributed by atoms with Gasteiger partial charge >= 0.3 is 0 Å². The molecule has 0 aliphatic carbocycles. The summed E-state index contributed by atoms with van der Waals surface area (Å²) < 4.78 is 0. The fourth-order valence-corrected chi connectivity index (χ4v) is 2.12. The molecule has 1 atom stereocenters. The summed E-state index contributed by atoms with van der Waals surface area (Å²) in [5, 5.41) is 3.41. The van der Waals surface area contributed by atoms with Crippen LogP contribution in [0.15, 0.2) is 6.20 Å². The molecule has 92 valence electrons. The zero-order valence-corrected chi connectivity index (χ0v) is 11.2. The van der Waals surface area contributed by atoms with Crippen molar-refractivity contribution in [2.24, 2.45) is 5.73 Å². The number of amides is 1. The van der Waals surface area contributed by atoms with Crippen LogP contribution in [0.3, 0.4) is 0 Å². The van der Waals surface area contributed by atoms with Gasteiger partial charge in [0, 0.05) is 23.5 Å². The third-order valence-corrected chi connectivity index (χ3v) is 2.78. The first-order valence-electron chi connectivity index (χ1n) is 5.12. The van der Waals surface area contributed by atoms with Crippen LogP contribution in [0, 0.1) is 0 Å². The van der Waals surface area contributed by atoms with E-state index in [1.54, 1.807) is 0 Å². The number of nitrogens with two attached hydrogens (primary N) is 1. The molecule has 0 fully saturated rings. The third kappa shape index (κ3) is 5.44. The highest BCUT2D eigenvalue weighted by Gasteiger charge is 2.08. The number of nitrogens with zero attached hydrogens (tertiary/aromatic N) is 1. The number of carbonyl (C=O) groups excluding carboxylic acids is 1. The molecule has 0 saturated heterocycles. The van der Waals surface area contributed by atoms with E-state index in [9.17, 15) is 4.79 Å². The highest BCUT2D eigenvalue weighted by atomic mass is 35.5. The lowest BCUT2D eigenvalue weighted by molar-refractivity contribution is -0.116. The molecule has 1 heterocycles. The summed E-state index contributed by atoms with van der Waals surface area (Å²) in [6.45, 7) is 3.93. The molecular formula is C10H18ClN3OS.